The van der Waals surface area contributed by atoms with Crippen molar-refractivity contribution in [3.8, 4) is 23.1 Å². The number of nitriles is 1. The van der Waals surface area contributed by atoms with Gasteiger partial charge in [0.15, 0.2) is 0 Å². The van der Waals surface area contributed by atoms with Gasteiger partial charge in [0, 0.05) is 17.4 Å². The number of anilines is 1. The van der Waals surface area contributed by atoms with E-state index in [1.807, 2.05) is 0 Å². The monoisotopic (exact) mass is 253 g/mol. The van der Waals surface area contributed by atoms with Gasteiger partial charge in [0.1, 0.15) is 17.9 Å². The lowest BCUT2D eigenvalue weighted by molar-refractivity contribution is -0.115. The van der Waals surface area contributed by atoms with E-state index in [4.69, 9.17) is 5.26 Å². The Kier molecular flexibility index (Phi) is 3.74. The van der Waals surface area contributed by atoms with Crippen LogP contribution in [0, 0.1) is 11.3 Å². The van der Waals surface area contributed by atoms with Crippen LogP contribution < -0.4 is 5.32 Å². The summed E-state index contributed by atoms with van der Waals surface area (Å²) in [5, 5.41) is 20.7. The minimum atomic E-state index is -0.351. The smallest absolute Gasteiger partial charge is 0.238 e. The summed E-state index contributed by atoms with van der Waals surface area (Å²) < 4.78 is 0. The molecule has 1 heterocycles. The molecule has 0 fully saturated rings. The van der Waals surface area contributed by atoms with Crippen molar-refractivity contribution >= 4 is 11.6 Å². The molecule has 94 valence electrons. The normalized spacial score (nSPS) is 9.63. The number of aromatic hydroxyl groups is 1. The van der Waals surface area contributed by atoms with Gasteiger partial charge in [-0.05, 0) is 24.3 Å². The van der Waals surface area contributed by atoms with Gasteiger partial charge in [-0.3, -0.25) is 9.78 Å². The molecule has 5 heteroatoms. The Hall–Kier alpha value is -2.87. The van der Waals surface area contributed by atoms with Gasteiger partial charge in [0.05, 0.1) is 6.07 Å². The number of nitrogens with zero attached hydrogens (tertiary/aromatic N) is 2. The van der Waals surface area contributed by atoms with Crippen molar-refractivity contribution < 1.29 is 9.90 Å². The zero-order valence-electron chi connectivity index (χ0n) is 10.00. The highest BCUT2D eigenvalue weighted by Crippen LogP contribution is 2.26. The number of carbonyl (C=O) groups is 1. The van der Waals surface area contributed by atoms with E-state index < -0.39 is 0 Å². The Morgan fingerprint density at radius 3 is 2.68 bits per heavy atom. The van der Waals surface area contributed by atoms with Crippen molar-refractivity contribution in [2.45, 2.75) is 6.42 Å². The summed E-state index contributed by atoms with van der Waals surface area (Å²) in [6, 6.07) is 11.9. The molecule has 1 amide bonds. The number of aromatic nitrogens is 1. The van der Waals surface area contributed by atoms with Crippen LogP contribution in [0.15, 0.2) is 42.6 Å². The summed E-state index contributed by atoms with van der Waals surface area (Å²) in [4.78, 5) is 15.3. The van der Waals surface area contributed by atoms with Crippen molar-refractivity contribution in [2.75, 3.05) is 5.32 Å². The molecule has 0 unspecified atom stereocenters. The van der Waals surface area contributed by atoms with Crippen molar-refractivity contribution in [1.29, 1.82) is 5.26 Å². The maximum atomic E-state index is 11.2. The van der Waals surface area contributed by atoms with Crippen LogP contribution in [0.2, 0.25) is 0 Å². The highest BCUT2D eigenvalue weighted by Gasteiger charge is 2.05. The van der Waals surface area contributed by atoms with Gasteiger partial charge in [-0.1, -0.05) is 12.1 Å². The van der Waals surface area contributed by atoms with Gasteiger partial charge in [-0.2, -0.15) is 5.26 Å². The molecular formula is C14H11N3O2. The van der Waals surface area contributed by atoms with Crippen LogP contribution in [0.1, 0.15) is 6.42 Å². The zero-order valence-corrected chi connectivity index (χ0v) is 10.00. The average Bonchev–Trinajstić information content (AvgIpc) is 2.41. The molecule has 2 rings (SSSR count). The van der Waals surface area contributed by atoms with Gasteiger partial charge in [-0.25, -0.2) is 0 Å². The summed E-state index contributed by atoms with van der Waals surface area (Å²) in [6.45, 7) is 0. The van der Waals surface area contributed by atoms with Gasteiger partial charge in [0.25, 0.3) is 0 Å². The van der Waals surface area contributed by atoms with Crippen LogP contribution in [0.5, 0.6) is 5.75 Å². The third-order valence-corrected chi connectivity index (χ3v) is 2.47. The van der Waals surface area contributed by atoms with E-state index in [-0.39, 0.29) is 18.1 Å². The van der Waals surface area contributed by atoms with Crippen LogP contribution in [0.4, 0.5) is 5.69 Å². The Morgan fingerprint density at radius 1 is 1.32 bits per heavy atom. The predicted molar refractivity (Wildman–Crippen MR) is 70.2 cm³/mol. The number of pyridine rings is 1. The molecule has 0 saturated carbocycles. The van der Waals surface area contributed by atoms with E-state index in [0.717, 1.165) is 5.56 Å². The maximum absolute atomic E-state index is 11.2. The SMILES string of the molecule is N#CCC(=O)Nc1ccc(-c2ncccc2O)cc1. The van der Waals surface area contributed by atoms with Crippen molar-refractivity contribution in [2.24, 2.45) is 0 Å². The van der Waals surface area contributed by atoms with Crippen LogP contribution in [0.3, 0.4) is 0 Å². The van der Waals surface area contributed by atoms with E-state index in [1.54, 1.807) is 48.7 Å². The highest BCUT2D eigenvalue weighted by atomic mass is 16.3. The number of hydrogen-bond donors (Lipinski definition) is 2. The van der Waals surface area contributed by atoms with E-state index in [9.17, 15) is 9.90 Å². The van der Waals surface area contributed by atoms with Crippen molar-refractivity contribution in [1.82, 2.24) is 4.98 Å². The number of nitrogens with one attached hydrogen (secondary N) is 1. The third kappa shape index (κ3) is 3.07. The highest BCUT2D eigenvalue weighted by molar-refractivity contribution is 5.92. The second-order valence-corrected chi connectivity index (χ2v) is 3.83. The van der Waals surface area contributed by atoms with Crippen LogP contribution >= 0.6 is 0 Å². The van der Waals surface area contributed by atoms with Gasteiger partial charge >= 0.3 is 0 Å². The molecule has 0 aliphatic heterocycles. The lowest BCUT2D eigenvalue weighted by Crippen LogP contribution is -2.09. The standard InChI is InChI=1S/C14H11N3O2/c15-8-7-13(19)17-11-5-3-10(4-6-11)14-12(18)2-1-9-16-14/h1-6,9,18H,7H2,(H,17,19). The molecule has 0 atom stereocenters. The second-order valence-electron chi connectivity index (χ2n) is 3.83. The first-order valence-electron chi connectivity index (χ1n) is 5.62. The van der Waals surface area contributed by atoms with Crippen LogP contribution in [-0.4, -0.2) is 16.0 Å². The Bertz CT molecular complexity index is 630. The summed E-state index contributed by atoms with van der Waals surface area (Å²) in [5.74, 6) is -0.250. The van der Waals surface area contributed by atoms with E-state index in [2.05, 4.69) is 10.3 Å². The maximum Gasteiger partial charge on any atom is 0.238 e. The molecule has 1 aromatic carbocycles. The van der Waals surface area contributed by atoms with Crippen LogP contribution in [-0.2, 0) is 4.79 Å². The van der Waals surface area contributed by atoms with Crippen molar-refractivity contribution in [3.05, 3.63) is 42.6 Å². The second kappa shape index (κ2) is 5.65. The lowest BCUT2D eigenvalue weighted by Gasteiger charge is -2.06. The van der Waals surface area contributed by atoms with Gasteiger partial charge in [-0.15, -0.1) is 0 Å². The number of hydrogen-bond acceptors (Lipinski definition) is 4. The van der Waals surface area contributed by atoms with Gasteiger partial charge in [0.2, 0.25) is 5.91 Å². The molecule has 0 saturated heterocycles. The summed E-state index contributed by atoms with van der Waals surface area (Å²) in [5.41, 5.74) is 1.83. The first kappa shape index (κ1) is 12.6. The molecule has 2 aromatic rings. The molecule has 19 heavy (non-hydrogen) atoms. The van der Waals surface area contributed by atoms with E-state index >= 15 is 0 Å². The predicted octanol–water partition coefficient (Wildman–Crippen LogP) is 2.31. The molecule has 0 aliphatic carbocycles. The summed E-state index contributed by atoms with van der Waals surface area (Å²) in [6.07, 6.45) is 1.42. The topological polar surface area (TPSA) is 86.0 Å². The first-order chi connectivity index (χ1) is 9.20. The molecule has 5 nitrogen and oxygen atoms in total. The Balaban J connectivity index is 2.18. The number of rotatable bonds is 3. The number of carbonyl (C=O) groups excluding carboxylic acids is 1. The molecule has 0 radical (unpaired) electrons. The molecule has 0 spiro atoms. The fourth-order valence-corrected chi connectivity index (χ4v) is 1.61. The molecule has 0 aliphatic rings. The Morgan fingerprint density at radius 2 is 2.05 bits per heavy atom. The first-order valence-corrected chi connectivity index (χ1v) is 5.62. The zero-order chi connectivity index (χ0) is 13.7. The quantitative estimate of drug-likeness (QED) is 0.878. The van der Waals surface area contributed by atoms with Gasteiger partial charge < -0.3 is 10.4 Å². The van der Waals surface area contributed by atoms with Crippen LogP contribution in [0.25, 0.3) is 11.3 Å². The molecular weight excluding hydrogens is 242 g/mol. The minimum Gasteiger partial charge on any atom is -0.506 e. The minimum absolute atomic E-state index is 0.101. The lowest BCUT2D eigenvalue weighted by atomic mass is 10.1. The summed E-state index contributed by atoms with van der Waals surface area (Å²) in [7, 11) is 0. The van der Waals surface area contributed by atoms with E-state index in [0.29, 0.717) is 11.4 Å². The van der Waals surface area contributed by atoms with E-state index in [1.165, 1.54) is 0 Å². The summed E-state index contributed by atoms with van der Waals surface area (Å²) >= 11 is 0. The third-order valence-electron chi connectivity index (χ3n) is 2.47. The molecule has 0 bridgehead atoms. The molecule has 2 N–H and O–H groups in total. The van der Waals surface area contributed by atoms with Crippen molar-refractivity contribution in [3.63, 3.8) is 0 Å². The fraction of sp³-hybridized carbons (Fsp3) is 0.0714. The average molecular weight is 253 g/mol. The molecule has 1 aromatic heterocycles. The number of benzene rings is 1. The fourth-order valence-electron chi connectivity index (χ4n) is 1.61. The Labute approximate surface area is 110 Å². The largest absolute Gasteiger partial charge is 0.506 e. The number of amides is 1.